The second-order valence-corrected chi connectivity index (χ2v) is 5.45. The van der Waals surface area contributed by atoms with Crippen molar-refractivity contribution in [3.8, 4) is 5.75 Å². The minimum absolute atomic E-state index is 0.0310. The van der Waals surface area contributed by atoms with Crippen LogP contribution in [-0.4, -0.2) is 23.9 Å². The molecule has 3 nitrogen and oxygen atoms in total. The Hall–Kier alpha value is -1.06. The van der Waals surface area contributed by atoms with Gasteiger partial charge in [-0.25, -0.2) is 0 Å². The third kappa shape index (κ3) is 3.28. The molecule has 0 aromatic heterocycles. The fraction of sp³-hybridized carbons (Fsp3) is 0.625. The van der Waals surface area contributed by atoms with Crippen molar-refractivity contribution in [2.45, 2.75) is 50.5 Å². The van der Waals surface area contributed by atoms with Gasteiger partial charge in [-0.1, -0.05) is 31.4 Å². The predicted molar refractivity (Wildman–Crippen MR) is 77.4 cm³/mol. The van der Waals surface area contributed by atoms with Gasteiger partial charge in [0.2, 0.25) is 0 Å². The van der Waals surface area contributed by atoms with E-state index < -0.39 is 5.60 Å². The molecule has 1 aliphatic carbocycles. The average Bonchev–Trinajstić information content (AvgIpc) is 2.42. The fourth-order valence-corrected chi connectivity index (χ4v) is 3.14. The summed E-state index contributed by atoms with van der Waals surface area (Å²) in [4.78, 5) is 0. The Morgan fingerprint density at radius 2 is 1.84 bits per heavy atom. The van der Waals surface area contributed by atoms with Gasteiger partial charge in [0.25, 0.3) is 0 Å². The van der Waals surface area contributed by atoms with Crippen molar-refractivity contribution >= 4 is 0 Å². The Bertz CT molecular complexity index is 382. The molecule has 0 heterocycles. The summed E-state index contributed by atoms with van der Waals surface area (Å²) in [5, 5.41) is 10.8. The topological polar surface area (TPSA) is 55.5 Å². The maximum absolute atomic E-state index is 10.8. The van der Waals surface area contributed by atoms with Crippen molar-refractivity contribution in [1.82, 2.24) is 0 Å². The molecule has 1 aromatic carbocycles. The molecule has 1 atom stereocenters. The molecule has 0 bridgehead atoms. The molecule has 106 valence electrons. The van der Waals surface area contributed by atoms with E-state index in [1.54, 1.807) is 0 Å². The van der Waals surface area contributed by atoms with Gasteiger partial charge in [-0.15, -0.1) is 0 Å². The summed E-state index contributed by atoms with van der Waals surface area (Å²) in [7, 11) is 0. The summed E-state index contributed by atoms with van der Waals surface area (Å²) >= 11 is 0. The van der Waals surface area contributed by atoms with Crippen LogP contribution in [0.1, 0.15) is 50.5 Å². The van der Waals surface area contributed by atoms with Gasteiger partial charge in [0.05, 0.1) is 12.2 Å². The summed E-state index contributed by atoms with van der Waals surface area (Å²) in [6, 6.07) is 8.01. The second-order valence-electron chi connectivity index (χ2n) is 5.45. The molecule has 1 fully saturated rings. The van der Waals surface area contributed by atoms with Crippen LogP contribution in [0, 0.1) is 0 Å². The van der Waals surface area contributed by atoms with E-state index in [9.17, 15) is 5.11 Å². The molecule has 0 radical (unpaired) electrons. The first-order chi connectivity index (χ1) is 9.19. The normalized spacial score (nSPS) is 19.9. The van der Waals surface area contributed by atoms with Crippen LogP contribution in [0.2, 0.25) is 0 Å². The highest BCUT2D eigenvalue weighted by molar-refractivity contribution is 5.31. The molecule has 1 saturated carbocycles. The lowest BCUT2D eigenvalue weighted by Crippen LogP contribution is -2.41. The SMILES string of the molecule is CCOc1ccc(C(CN)C2(O)CCCCC2)cc1. The monoisotopic (exact) mass is 263 g/mol. The fourth-order valence-electron chi connectivity index (χ4n) is 3.14. The second kappa shape index (κ2) is 6.40. The number of hydrogen-bond donors (Lipinski definition) is 2. The molecule has 0 amide bonds. The van der Waals surface area contributed by atoms with Gasteiger partial charge < -0.3 is 15.6 Å². The molecular formula is C16H25NO2. The van der Waals surface area contributed by atoms with Crippen molar-refractivity contribution in [2.75, 3.05) is 13.2 Å². The van der Waals surface area contributed by atoms with Gasteiger partial charge in [-0.05, 0) is 37.5 Å². The van der Waals surface area contributed by atoms with Gasteiger partial charge >= 0.3 is 0 Å². The Balaban J connectivity index is 2.16. The van der Waals surface area contributed by atoms with Crippen LogP contribution < -0.4 is 10.5 Å². The zero-order valence-corrected chi connectivity index (χ0v) is 11.8. The largest absolute Gasteiger partial charge is 0.494 e. The van der Waals surface area contributed by atoms with Crippen molar-refractivity contribution in [3.63, 3.8) is 0 Å². The maximum Gasteiger partial charge on any atom is 0.119 e. The van der Waals surface area contributed by atoms with E-state index in [1.807, 2.05) is 31.2 Å². The Labute approximate surface area is 115 Å². The maximum atomic E-state index is 10.8. The summed E-state index contributed by atoms with van der Waals surface area (Å²) < 4.78 is 5.45. The van der Waals surface area contributed by atoms with Gasteiger partial charge in [0.15, 0.2) is 0 Å². The van der Waals surface area contributed by atoms with Crippen LogP contribution in [0.3, 0.4) is 0 Å². The standard InChI is InChI=1S/C16H25NO2/c1-2-19-14-8-6-13(7-9-14)15(12-17)16(18)10-4-3-5-11-16/h6-9,15,18H,2-5,10-12,17H2,1H3. The van der Waals surface area contributed by atoms with E-state index in [0.717, 1.165) is 37.0 Å². The van der Waals surface area contributed by atoms with Gasteiger partial charge in [-0.2, -0.15) is 0 Å². The number of ether oxygens (including phenoxy) is 1. The number of rotatable bonds is 5. The molecule has 2 rings (SSSR count). The third-order valence-electron chi connectivity index (χ3n) is 4.20. The highest BCUT2D eigenvalue weighted by atomic mass is 16.5. The van der Waals surface area contributed by atoms with Crippen LogP contribution >= 0.6 is 0 Å². The van der Waals surface area contributed by atoms with Crippen molar-refractivity contribution in [1.29, 1.82) is 0 Å². The van der Waals surface area contributed by atoms with E-state index in [0.29, 0.717) is 13.2 Å². The van der Waals surface area contributed by atoms with Crippen molar-refractivity contribution in [2.24, 2.45) is 5.73 Å². The zero-order valence-electron chi connectivity index (χ0n) is 11.8. The lowest BCUT2D eigenvalue weighted by Gasteiger charge is -2.39. The number of nitrogens with two attached hydrogens (primary N) is 1. The highest BCUT2D eigenvalue weighted by Crippen LogP contribution is 2.39. The zero-order chi connectivity index (χ0) is 13.7. The first-order valence-electron chi connectivity index (χ1n) is 7.35. The minimum atomic E-state index is -0.625. The number of hydrogen-bond acceptors (Lipinski definition) is 3. The predicted octanol–water partition coefficient (Wildman–Crippen LogP) is 2.82. The smallest absolute Gasteiger partial charge is 0.119 e. The molecule has 1 unspecified atom stereocenters. The average molecular weight is 263 g/mol. The van der Waals surface area contributed by atoms with E-state index in [1.165, 1.54) is 6.42 Å². The molecule has 1 aromatic rings. The van der Waals surface area contributed by atoms with Crippen LogP contribution in [-0.2, 0) is 0 Å². The lowest BCUT2D eigenvalue weighted by atomic mass is 9.73. The summed E-state index contributed by atoms with van der Waals surface area (Å²) in [5.41, 5.74) is 6.42. The number of aliphatic hydroxyl groups is 1. The van der Waals surface area contributed by atoms with Gasteiger partial charge in [-0.3, -0.25) is 0 Å². The third-order valence-corrected chi connectivity index (χ3v) is 4.20. The van der Waals surface area contributed by atoms with Crippen LogP contribution in [0.15, 0.2) is 24.3 Å². The van der Waals surface area contributed by atoms with Crippen molar-refractivity contribution < 1.29 is 9.84 Å². The minimum Gasteiger partial charge on any atom is -0.494 e. The molecular weight excluding hydrogens is 238 g/mol. The summed E-state index contributed by atoms with van der Waals surface area (Å²) in [5.74, 6) is 0.904. The lowest BCUT2D eigenvalue weighted by molar-refractivity contribution is -0.0194. The van der Waals surface area contributed by atoms with Gasteiger partial charge in [0, 0.05) is 12.5 Å². The van der Waals surface area contributed by atoms with Crippen LogP contribution in [0.5, 0.6) is 5.75 Å². The van der Waals surface area contributed by atoms with E-state index in [4.69, 9.17) is 10.5 Å². The van der Waals surface area contributed by atoms with Crippen LogP contribution in [0.25, 0.3) is 0 Å². The molecule has 0 spiro atoms. The quantitative estimate of drug-likeness (QED) is 0.859. The summed E-state index contributed by atoms with van der Waals surface area (Å²) in [6.07, 6.45) is 5.15. The summed E-state index contributed by atoms with van der Waals surface area (Å²) in [6.45, 7) is 3.13. The van der Waals surface area contributed by atoms with E-state index in [-0.39, 0.29) is 5.92 Å². The molecule has 3 N–H and O–H groups in total. The van der Waals surface area contributed by atoms with E-state index in [2.05, 4.69) is 0 Å². The molecule has 1 aliphatic rings. The molecule has 0 aliphatic heterocycles. The Kier molecular flexibility index (Phi) is 4.83. The van der Waals surface area contributed by atoms with Gasteiger partial charge in [0.1, 0.15) is 5.75 Å². The molecule has 0 saturated heterocycles. The first kappa shape index (κ1) is 14.4. The Morgan fingerprint density at radius 3 is 2.37 bits per heavy atom. The Morgan fingerprint density at radius 1 is 1.21 bits per heavy atom. The molecule has 3 heteroatoms. The van der Waals surface area contributed by atoms with E-state index >= 15 is 0 Å². The molecule has 19 heavy (non-hydrogen) atoms. The first-order valence-corrected chi connectivity index (χ1v) is 7.35. The van der Waals surface area contributed by atoms with Crippen molar-refractivity contribution in [3.05, 3.63) is 29.8 Å². The number of benzene rings is 1. The highest BCUT2D eigenvalue weighted by Gasteiger charge is 2.37. The van der Waals surface area contributed by atoms with Crippen LogP contribution in [0.4, 0.5) is 0 Å².